The summed E-state index contributed by atoms with van der Waals surface area (Å²) in [5.41, 5.74) is 3.09. The molecule has 0 amide bonds. The van der Waals surface area contributed by atoms with E-state index in [-0.39, 0.29) is 14.9 Å². The van der Waals surface area contributed by atoms with E-state index in [2.05, 4.69) is 63.6 Å². The van der Waals surface area contributed by atoms with Gasteiger partial charge in [0.1, 0.15) is 0 Å². The third kappa shape index (κ3) is 1.94. The average molecular weight is 274 g/mol. The molecule has 0 spiro atoms. The zero-order valence-electron chi connectivity index (χ0n) is 8.79. The van der Waals surface area contributed by atoms with Crippen molar-refractivity contribution >= 4 is 24.1 Å². The molecule has 0 N–H and O–H groups in total. The molecule has 0 radical (unpaired) electrons. The Labute approximate surface area is 96.1 Å². The third-order valence-electron chi connectivity index (χ3n) is 2.54. The fourth-order valence-electron chi connectivity index (χ4n) is 1.61. The number of allylic oxidation sites excluding steroid dienone is 1. The molecule has 2 rings (SSSR count). The lowest BCUT2D eigenvalue weighted by molar-refractivity contribution is 0.232. The number of thiol groups is 1. The molecule has 1 nitrogen and oxygen atoms in total. The Morgan fingerprint density at radius 2 is 2.14 bits per heavy atom. The van der Waals surface area contributed by atoms with E-state index in [4.69, 9.17) is 0 Å². The van der Waals surface area contributed by atoms with Crippen molar-refractivity contribution in [3.63, 3.8) is 0 Å². The first-order valence-electron chi connectivity index (χ1n) is 4.79. The van der Waals surface area contributed by atoms with Gasteiger partial charge in [0.05, 0.1) is 0 Å². The Morgan fingerprint density at radius 1 is 1.43 bits per heavy atom. The minimum atomic E-state index is -0.176. The third-order valence-corrected chi connectivity index (χ3v) is 4.86. The van der Waals surface area contributed by atoms with Gasteiger partial charge in [-0.1, -0.05) is 0 Å². The van der Waals surface area contributed by atoms with E-state index < -0.39 is 0 Å². The van der Waals surface area contributed by atoms with E-state index in [0.29, 0.717) is 0 Å². The molecule has 2 aliphatic rings. The van der Waals surface area contributed by atoms with Crippen LogP contribution in [0.5, 0.6) is 0 Å². The van der Waals surface area contributed by atoms with Gasteiger partial charge in [-0.05, 0) is 63.6 Å². The molecular weight excluding hydrogens is 258 g/mol. The lowest BCUT2D eigenvalue weighted by Crippen LogP contribution is -2.35. The summed E-state index contributed by atoms with van der Waals surface area (Å²) < 4.78 is 0. The molecule has 0 aromatic carbocycles. The van der Waals surface area contributed by atoms with Gasteiger partial charge in [-0.25, -0.2) is 0 Å². The van der Waals surface area contributed by atoms with Crippen LogP contribution in [0.4, 0.5) is 0 Å². The summed E-state index contributed by atoms with van der Waals surface area (Å²) in [6.07, 6.45) is 4.51. The van der Waals surface area contributed by atoms with Crippen LogP contribution in [-0.4, -0.2) is 17.0 Å². The van der Waals surface area contributed by atoms with Crippen LogP contribution in [0.25, 0.3) is 0 Å². The van der Waals surface area contributed by atoms with E-state index >= 15 is 0 Å². The highest BCUT2D eigenvalue weighted by Crippen LogP contribution is 2.45. The van der Waals surface area contributed by atoms with Crippen LogP contribution in [0, 0.1) is 0 Å². The van der Waals surface area contributed by atoms with Crippen molar-refractivity contribution in [3.05, 3.63) is 34.2 Å². The molecule has 0 aromatic heterocycles. The van der Waals surface area contributed by atoms with Crippen LogP contribution in [0.3, 0.4) is 0 Å². The Bertz CT molecular complexity index is 336. The van der Waals surface area contributed by atoms with Crippen molar-refractivity contribution in [3.8, 4) is 0 Å². The van der Waals surface area contributed by atoms with Crippen molar-refractivity contribution in [2.75, 3.05) is 6.54 Å². The maximum atomic E-state index is 3.65. The van der Waals surface area contributed by atoms with Gasteiger partial charge in [-0.2, -0.15) is 9.33 Å². The fourth-order valence-corrected chi connectivity index (χ4v) is 3.62. The maximum absolute atomic E-state index is 3.65. The molecule has 3 heteroatoms. The SMILES string of the molecule is CC(C)(C)N1C=C2C=C[SH](Br)C=C2C1. The van der Waals surface area contributed by atoms with Gasteiger partial charge >= 0.3 is 0 Å². The van der Waals surface area contributed by atoms with Gasteiger partial charge < -0.3 is 4.90 Å². The molecule has 0 saturated heterocycles. The molecule has 0 aliphatic carbocycles. The molecule has 1 atom stereocenters. The van der Waals surface area contributed by atoms with Crippen LogP contribution >= 0.6 is 24.1 Å². The molecule has 2 heterocycles. The number of hydrogen-bond acceptors (Lipinski definition) is 1. The highest BCUT2D eigenvalue weighted by Gasteiger charge is 2.26. The molecule has 14 heavy (non-hydrogen) atoms. The normalized spacial score (nSPS) is 28.6. The van der Waals surface area contributed by atoms with Gasteiger partial charge in [0.2, 0.25) is 0 Å². The first kappa shape index (κ1) is 10.4. The first-order chi connectivity index (χ1) is 6.47. The van der Waals surface area contributed by atoms with E-state index in [1.54, 1.807) is 0 Å². The molecular formula is C11H16BrNS. The Balaban J connectivity index is 2.25. The van der Waals surface area contributed by atoms with E-state index in [1.807, 2.05) is 0 Å². The maximum Gasteiger partial charge on any atom is 0.0440 e. The van der Waals surface area contributed by atoms with Crippen molar-refractivity contribution < 1.29 is 0 Å². The predicted octanol–water partition coefficient (Wildman–Crippen LogP) is 3.71. The van der Waals surface area contributed by atoms with Crippen molar-refractivity contribution in [2.24, 2.45) is 0 Å². The molecule has 0 aromatic rings. The molecule has 78 valence electrons. The summed E-state index contributed by atoms with van der Waals surface area (Å²) in [5, 5.41) is 4.60. The minimum Gasteiger partial charge on any atom is -0.368 e. The topological polar surface area (TPSA) is 3.24 Å². The van der Waals surface area contributed by atoms with Gasteiger partial charge in [-0.3, -0.25) is 0 Å². The van der Waals surface area contributed by atoms with Crippen LogP contribution in [0.1, 0.15) is 20.8 Å². The number of hydrogen-bond donors (Lipinski definition) is 1. The van der Waals surface area contributed by atoms with Crippen LogP contribution < -0.4 is 0 Å². The van der Waals surface area contributed by atoms with Gasteiger partial charge in [0, 0.05) is 18.3 Å². The molecule has 0 saturated carbocycles. The first-order valence-corrected chi connectivity index (χ1v) is 8.29. The number of rotatable bonds is 0. The Kier molecular flexibility index (Phi) is 2.56. The second kappa shape index (κ2) is 3.46. The standard InChI is InChI=1S/C11H16BrNS/c1-11(2,3)13-6-9-4-5-14(12)8-10(9)7-13/h4-6,8,14H,7H2,1-3H3. The Morgan fingerprint density at radius 3 is 2.79 bits per heavy atom. The Hall–Kier alpha value is -0.150. The molecule has 0 fully saturated rings. The van der Waals surface area contributed by atoms with Gasteiger partial charge in [-0.15, -0.1) is 0 Å². The smallest absolute Gasteiger partial charge is 0.0440 e. The van der Waals surface area contributed by atoms with E-state index in [9.17, 15) is 0 Å². The summed E-state index contributed by atoms with van der Waals surface area (Å²) >= 11 is 3.65. The minimum absolute atomic E-state index is 0.176. The highest BCUT2D eigenvalue weighted by atomic mass is 79.9. The lowest BCUT2D eigenvalue weighted by atomic mass is 10.1. The van der Waals surface area contributed by atoms with Gasteiger partial charge in [0.15, 0.2) is 0 Å². The summed E-state index contributed by atoms with van der Waals surface area (Å²) in [4.78, 5) is 2.40. The molecule has 1 unspecified atom stereocenters. The number of halogens is 1. The summed E-state index contributed by atoms with van der Waals surface area (Å²) in [6, 6.07) is 0. The summed E-state index contributed by atoms with van der Waals surface area (Å²) in [5.74, 6) is 0. The number of fused-ring (bicyclic) bond motifs is 1. The van der Waals surface area contributed by atoms with Crippen molar-refractivity contribution in [1.29, 1.82) is 0 Å². The zero-order chi connectivity index (χ0) is 10.3. The van der Waals surface area contributed by atoms with E-state index in [1.165, 1.54) is 11.1 Å². The largest absolute Gasteiger partial charge is 0.368 e. The molecule has 0 bridgehead atoms. The lowest BCUT2D eigenvalue weighted by Gasteiger charge is -2.31. The zero-order valence-corrected chi connectivity index (χ0v) is 11.3. The number of nitrogens with zero attached hydrogens (tertiary/aromatic N) is 1. The summed E-state index contributed by atoms with van der Waals surface area (Å²) in [6.45, 7) is 7.82. The predicted molar refractivity (Wildman–Crippen MR) is 69.7 cm³/mol. The van der Waals surface area contributed by atoms with Crippen LogP contribution in [0.15, 0.2) is 34.2 Å². The fraction of sp³-hybridized carbons (Fsp3) is 0.455. The van der Waals surface area contributed by atoms with Gasteiger partial charge in [0.25, 0.3) is 0 Å². The summed E-state index contributed by atoms with van der Waals surface area (Å²) in [7, 11) is -0.176. The van der Waals surface area contributed by atoms with Crippen LogP contribution in [0.2, 0.25) is 0 Å². The van der Waals surface area contributed by atoms with Crippen molar-refractivity contribution in [1.82, 2.24) is 4.90 Å². The quantitative estimate of drug-likeness (QED) is 0.659. The second-order valence-electron chi connectivity index (χ2n) is 4.70. The van der Waals surface area contributed by atoms with Crippen molar-refractivity contribution in [2.45, 2.75) is 26.3 Å². The molecule has 2 aliphatic heterocycles. The van der Waals surface area contributed by atoms with Crippen LogP contribution in [-0.2, 0) is 0 Å². The second-order valence-corrected chi connectivity index (χ2v) is 8.40. The highest BCUT2D eigenvalue weighted by molar-refractivity contribution is 9.55. The monoisotopic (exact) mass is 273 g/mol. The average Bonchev–Trinajstić information content (AvgIpc) is 2.45. The van der Waals surface area contributed by atoms with E-state index in [0.717, 1.165) is 6.54 Å².